The summed E-state index contributed by atoms with van der Waals surface area (Å²) in [6.07, 6.45) is -3.57. The molecule has 43 heavy (non-hydrogen) atoms. The fourth-order valence-corrected chi connectivity index (χ4v) is 5.69. The van der Waals surface area contributed by atoms with E-state index in [0.717, 1.165) is 10.1 Å². The molecule has 12 heteroatoms. The molecule has 0 saturated carbocycles. The zero-order valence-corrected chi connectivity index (χ0v) is 24.4. The van der Waals surface area contributed by atoms with Crippen LogP contribution in [-0.4, -0.2) is 75.5 Å². The summed E-state index contributed by atoms with van der Waals surface area (Å²) in [5.41, 5.74) is 0.368. The van der Waals surface area contributed by atoms with Gasteiger partial charge in [0, 0.05) is 50.3 Å². The van der Waals surface area contributed by atoms with Crippen LogP contribution < -0.4 is 10.1 Å². The summed E-state index contributed by atoms with van der Waals surface area (Å²) in [6.45, 7) is 6.47. The number of amides is 2. The Kier molecular flexibility index (Phi) is 8.41. The van der Waals surface area contributed by atoms with Crippen molar-refractivity contribution in [1.29, 1.82) is 0 Å². The van der Waals surface area contributed by atoms with Crippen LogP contribution in [-0.2, 0) is 11.0 Å². The highest BCUT2D eigenvalue weighted by Gasteiger charge is 2.40. The number of alkyl halides is 3. The molecular formula is C31H33F3N6O3. The highest BCUT2D eigenvalue weighted by atomic mass is 19.4. The first kappa shape index (κ1) is 30.0. The molecule has 2 atom stereocenters. The van der Waals surface area contributed by atoms with Gasteiger partial charge < -0.3 is 15.0 Å². The van der Waals surface area contributed by atoms with Crippen LogP contribution in [0.4, 0.5) is 13.2 Å². The zero-order chi connectivity index (χ0) is 30.9. The second-order valence-electron chi connectivity index (χ2n) is 10.7. The molecule has 4 aromatic rings. The molecule has 5 rings (SSSR count). The Labute approximate surface area is 247 Å². The molecule has 0 aliphatic carbocycles. The maximum absolute atomic E-state index is 14.4. The number of nitrogens with one attached hydrogen (secondary N) is 1. The lowest BCUT2D eigenvalue weighted by Gasteiger charge is -2.43. The molecule has 1 fully saturated rings. The Bertz CT molecular complexity index is 1620. The van der Waals surface area contributed by atoms with Crippen molar-refractivity contribution in [2.75, 3.05) is 33.3 Å². The van der Waals surface area contributed by atoms with Crippen LogP contribution in [0.25, 0.3) is 16.9 Å². The van der Waals surface area contributed by atoms with Gasteiger partial charge in [-0.15, -0.1) is 0 Å². The normalized spacial score (nSPS) is 16.7. The van der Waals surface area contributed by atoms with Crippen LogP contribution in [0, 0.1) is 6.92 Å². The molecule has 1 aliphatic rings. The van der Waals surface area contributed by atoms with Gasteiger partial charge in [0.2, 0.25) is 5.91 Å². The molecule has 0 radical (unpaired) electrons. The van der Waals surface area contributed by atoms with Crippen LogP contribution in [0.3, 0.4) is 0 Å². The van der Waals surface area contributed by atoms with Crippen molar-refractivity contribution in [3.63, 3.8) is 0 Å². The predicted octanol–water partition coefficient (Wildman–Crippen LogP) is 4.76. The summed E-state index contributed by atoms with van der Waals surface area (Å²) in [4.78, 5) is 34.0. The SMILES string of the molecule is COc1ccc(-c2nc3c(C(=O)N4CCN([C@@H](CNC(C)=O)c5ccccc5)C[C@H]4C)cnn3c(C(F)(F)F)c2C)cc1. The summed E-state index contributed by atoms with van der Waals surface area (Å²) in [5.74, 6) is -0.0188. The molecular weight excluding hydrogens is 561 g/mol. The summed E-state index contributed by atoms with van der Waals surface area (Å²) >= 11 is 0. The van der Waals surface area contributed by atoms with Crippen molar-refractivity contribution in [1.82, 2.24) is 29.7 Å². The average molecular weight is 595 g/mol. The highest BCUT2D eigenvalue weighted by Crippen LogP contribution is 2.37. The maximum atomic E-state index is 14.4. The van der Waals surface area contributed by atoms with Crippen molar-refractivity contribution in [2.24, 2.45) is 0 Å². The summed E-state index contributed by atoms with van der Waals surface area (Å²) in [7, 11) is 1.50. The maximum Gasteiger partial charge on any atom is 0.433 e. The largest absolute Gasteiger partial charge is 0.497 e. The molecule has 2 aromatic heterocycles. The van der Waals surface area contributed by atoms with Gasteiger partial charge in [0.05, 0.1) is 25.0 Å². The predicted molar refractivity (Wildman–Crippen MR) is 155 cm³/mol. The summed E-state index contributed by atoms with van der Waals surface area (Å²) in [6, 6.07) is 16.0. The smallest absolute Gasteiger partial charge is 0.433 e. The van der Waals surface area contributed by atoms with Gasteiger partial charge in [-0.3, -0.25) is 14.5 Å². The topological polar surface area (TPSA) is 92.1 Å². The van der Waals surface area contributed by atoms with Crippen LogP contribution >= 0.6 is 0 Å². The minimum absolute atomic E-state index is 0.00147. The van der Waals surface area contributed by atoms with Gasteiger partial charge in [0.15, 0.2) is 11.3 Å². The molecule has 0 spiro atoms. The van der Waals surface area contributed by atoms with Crippen molar-refractivity contribution in [2.45, 2.75) is 39.0 Å². The van der Waals surface area contributed by atoms with Crippen molar-refractivity contribution >= 4 is 17.5 Å². The second-order valence-corrected chi connectivity index (χ2v) is 10.7. The third-order valence-electron chi connectivity index (χ3n) is 7.84. The van der Waals surface area contributed by atoms with E-state index in [1.54, 1.807) is 29.2 Å². The molecule has 1 N–H and O–H groups in total. The van der Waals surface area contributed by atoms with Gasteiger partial charge in [0.1, 0.15) is 11.3 Å². The van der Waals surface area contributed by atoms with Crippen molar-refractivity contribution < 1.29 is 27.5 Å². The number of piperazine rings is 1. The summed E-state index contributed by atoms with van der Waals surface area (Å²) < 4.78 is 49.0. The number of benzene rings is 2. The second kappa shape index (κ2) is 12.0. The monoisotopic (exact) mass is 594 g/mol. The van der Waals surface area contributed by atoms with E-state index in [2.05, 4.69) is 20.3 Å². The number of carbonyl (C=O) groups excluding carboxylic acids is 2. The number of carbonyl (C=O) groups is 2. The quantitative estimate of drug-likeness (QED) is 0.332. The fourth-order valence-electron chi connectivity index (χ4n) is 5.69. The third kappa shape index (κ3) is 6.05. The number of nitrogens with zero attached hydrogens (tertiary/aromatic N) is 5. The fraction of sp³-hybridized carbons (Fsp3) is 0.355. The van der Waals surface area contributed by atoms with Crippen LogP contribution in [0.1, 0.15) is 47.1 Å². The lowest BCUT2D eigenvalue weighted by molar-refractivity contribution is -0.143. The summed E-state index contributed by atoms with van der Waals surface area (Å²) in [5, 5.41) is 6.89. The van der Waals surface area contributed by atoms with Crippen molar-refractivity contribution in [3.8, 4) is 17.0 Å². The molecule has 9 nitrogen and oxygen atoms in total. The Hall–Kier alpha value is -4.45. The molecule has 226 valence electrons. The van der Waals surface area contributed by atoms with Crippen LogP contribution in [0.2, 0.25) is 0 Å². The molecule has 1 aliphatic heterocycles. The number of rotatable bonds is 7. The van der Waals surface area contributed by atoms with E-state index in [1.807, 2.05) is 37.3 Å². The number of fused-ring (bicyclic) bond motifs is 1. The molecule has 3 heterocycles. The molecule has 0 bridgehead atoms. The molecule has 2 amide bonds. The molecule has 0 unspecified atom stereocenters. The minimum atomic E-state index is -4.74. The van der Waals surface area contributed by atoms with E-state index in [9.17, 15) is 22.8 Å². The van der Waals surface area contributed by atoms with Gasteiger partial charge in [0.25, 0.3) is 5.91 Å². The van der Waals surface area contributed by atoms with E-state index < -0.39 is 17.8 Å². The van der Waals surface area contributed by atoms with E-state index in [-0.39, 0.29) is 40.5 Å². The Morgan fingerprint density at radius 2 is 1.79 bits per heavy atom. The lowest BCUT2D eigenvalue weighted by Crippen LogP contribution is -2.55. The Morgan fingerprint density at radius 3 is 2.40 bits per heavy atom. The van der Waals surface area contributed by atoms with Gasteiger partial charge in [-0.2, -0.15) is 18.3 Å². The first-order chi connectivity index (χ1) is 20.5. The number of halogens is 3. The first-order valence-electron chi connectivity index (χ1n) is 13.9. The van der Waals surface area contributed by atoms with Gasteiger partial charge in [-0.25, -0.2) is 9.50 Å². The number of ether oxygens (including phenoxy) is 1. The average Bonchev–Trinajstić information content (AvgIpc) is 3.39. The van der Waals surface area contributed by atoms with E-state index in [0.29, 0.717) is 37.5 Å². The van der Waals surface area contributed by atoms with Crippen molar-refractivity contribution in [3.05, 3.63) is 83.2 Å². The number of methoxy groups -OCH3 is 1. The number of aromatic nitrogens is 3. The van der Waals surface area contributed by atoms with E-state index in [4.69, 9.17) is 4.74 Å². The number of hydrogen-bond donors (Lipinski definition) is 1. The lowest BCUT2D eigenvalue weighted by atomic mass is 10.0. The van der Waals surface area contributed by atoms with Gasteiger partial charge in [-0.1, -0.05) is 30.3 Å². The first-order valence-corrected chi connectivity index (χ1v) is 13.9. The van der Waals surface area contributed by atoms with Gasteiger partial charge >= 0.3 is 6.18 Å². The van der Waals surface area contributed by atoms with E-state index >= 15 is 0 Å². The Morgan fingerprint density at radius 1 is 1.09 bits per heavy atom. The molecule has 1 saturated heterocycles. The highest BCUT2D eigenvalue weighted by molar-refractivity contribution is 6.00. The van der Waals surface area contributed by atoms with Crippen LogP contribution in [0.15, 0.2) is 60.8 Å². The standard InChI is InChI=1S/C31H33F3N6O3/c1-19-18-38(26(17-35-21(3)41)22-8-6-5-7-9-22)14-15-39(19)30(42)25-16-36-40-28(31(32,33)34)20(2)27(37-29(25)40)23-10-12-24(43-4)13-11-23/h5-13,16,19,26H,14-15,17-18H2,1-4H3,(H,35,41)/t19-,26+/m1/s1. The molecule has 2 aromatic carbocycles. The van der Waals surface area contributed by atoms with Gasteiger partial charge in [-0.05, 0) is 43.7 Å². The number of hydrogen-bond acceptors (Lipinski definition) is 6. The van der Waals surface area contributed by atoms with E-state index in [1.165, 1.54) is 27.2 Å². The minimum Gasteiger partial charge on any atom is -0.497 e. The third-order valence-corrected chi connectivity index (χ3v) is 7.84. The Balaban J connectivity index is 1.47. The van der Waals surface area contributed by atoms with Crippen LogP contribution in [0.5, 0.6) is 5.75 Å². The zero-order valence-electron chi connectivity index (χ0n) is 24.4.